The van der Waals surface area contributed by atoms with Crippen LogP contribution in [0.3, 0.4) is 0 Å². The van der Waals surface area contributed by atoms with E-state index in [4.69, 9.17) is 4.74 Å². The van der Waals surface area contributed by atoms with E-state index in [9.17, 15) is 8.42 Å². The Morgan fingerprint density at radius 1 is 1.43 bits per heavy atom. The Morgan fingerprint density at radius 2 is 2.29 bits per heavy atom. The predicted molar refractivity (Wildman–Crippen MR) is 83.0 cm³/mol. The molecule has 3 heterocycles. The fraction of sp³-hybridized carbons (Fsp3) is 0.571. The molecule has 0 bridgehead atoms. The highest BCUT2D eigenvalue weighted by molar-refractivity contribution is 7.91. The highest BCUT2D eigenvalue weighted by atomic mass is 32.2. The van der Waals surface area contributed by atoms with Crippen molar-refractivity contribution in [1.82, 2.24) is 9.21 Å². The fourth-order valence-electron chi connectivity index (χ4n) is 3.05. The summed E-state index contributed by atoms with van der Waals surface area (Å²) in [5.41, 5.74) is 0. The first-order valence-corrected chi connectivity index (χ1v) is 9.43. The van der Waals surface area contributed by atoms with Crippen molar-refractivity contribution >= 4 is 21.4 Å². The summed E-state index contributed by atoms with van der Waals surface area (Å²) in [5.74, 6) is 0. The van der Waals surface area contributed by atoms with Gasteiger partial charge in [0.1, 0.15) is 4.21 Å². The van der Waals surface area contributed by atoms with E-state index in [0.717, 1.165) is 19.5 Å². The smallest absolute Gasteiger partial charge is 0.252 e. The third-order valence-corrected chi connectivity index (χ3v) is 7.32. The summed E-state index contributed by atoms with van der Waals surface area (Å²) in [5, 5.41) is 1.80. The van der Waals surface area contributed by atoms with Crippen LogP contribution in [-0.2, 0) is 14.8 Å². The summed E-state index contributed by atoms with van der Waals surface area (Å²) in [7, 11) is -3.32. The van der Waals surface area contributed by atoms with Crippen molar-refractivity contribution < 1.29 is 13.2 Å². The Labute approximate surface area is 129 Å². The van der Waals surface area contributed by atoms with Gasteiger partial charge in [-0.25, -0.2) is 8.42 Å². The van der Waals surface area contributed by atoms with Gasteiger partial charge in [0.05, 0.1) is 12.7 Å². The highest BCUT2D eigenvalue weighted by Crippen LogP contribution is 2.28. The first kappa shape index (κ1) is 15.2. The number of piperazine rings is 1. The quantitative estimate of drug-likeness (QED) is 0.767. The van der Waals surface area contributed by atoms with Crippen molar-refractivity contribution in [1.29, 1.82) is 0 Å². The molecule has 0 radical (unpaired) electrons. The third kappa shape index (κ3) is 3.07. The summed E-state index contributed by atoms with van der Waals surface area (Å²) >= 11 is 1.28. The Hall–Kier alpha value is -0.730. The minimum absolute atomic E-state index is 0.192. The van der Waals surface area contributed by atoms with Crippen LogP contribution in [0.5, 0.6) is 0 Å². The van der Waals surface area contributed by atoms with Crippen molar-refractivity contribution in [2.75, 3.05) is 32.8 Å². The van der Waals surface area contributed by atoms with Gasteiger partial charge in [-0.3, -0.25) is 4.90 Å². The van der Waals surface area contributed by atoms with Crippen LogP contribution in [0.25, 0.3) is 0 Å². The molecule has 0 N–H and O–H groups in total. The molecule has 2 aliphatic rings. The zero-order chi connectivity index (χ0) is 14.9. The van der Waals surface area contributed by atoms with Gasteiger partial charge in [-0.2, -0.15) is 4.31 Å². The maximum atomic E-state index is 12.6. The minimum Gasteiger partial charge on any atom is -0.373 e. The fourth-order valence-corrected chi connectivity index (χ4v) is 5.66. The average Bonchev–Trinajstić information content (AvgIpc) is 3.13. The topological polar surface area (TPSA) is 49.9 Å². The second-order valence-corrected chi connectivity index (χ2v) is 8.54. The van der Waals surface area contributed by atoms with Crippen molar-refractivity contribution in [2.24, 2.45) is 0 Å². The monoisotopic (exact) mass is 328 g/mol. The molecule has 0 amide bonds. The highest BCUT2D eigenvalue weighted by Gasteiger charge is 2.40. The van der Waals surface area contributed by atoms with Crippen LogP contribution in [0, 0.1) is 0 Å². The van der Waals surface area contributed by atoms with Gasteiger partial charge in [-0.05, 0) is 17.9 Å². The lowest BCUT2D eigenvalue weighted by Gasteiger charge is -2.36. The van der Waals surface area contributed by atoms with Crippen molar-refractivity contribution in [3.63, 3.8) is 0 Å². The first-order chi connectivity index (χ1) is 10.1. The molecule has 0 aromatic carbocycles. The number of thiophene rings is 1. The van der Waals surface area contributed by atoms with Gasteiger partial charge in [0.2, 0.25) is 0 Å². The molecule has 2 aliphatic heterocycles. The molecule has 0 spiro atoms. The molecule has 7 heteroatoms. The molecule has 1 aromatic rings. The molecule has 2 saturated heterocycles. The predicted octanol–water partition coefficient (Wildman–Crippen LogP) is 1.40. The molecule has 1 aromatic heterocycles. The molecular formula is C14H20N2O3S2. The molecule has 3 rings (SSSR count). The lowest BCUT2D eigenvalue weighted by atomic mass is 10.2. The van der Waals surface area contributed by atoms with E-state index >= 15 is 0 Å². The van der Waals surface area contributed by atoms with Crippen LogP contribution in [0.15, 0.2) is 34.4 Å². The first-order valence-electron chi connectivity index (χ1n) is 7.11. The van der Waals surface area contributed by atoms with Gasteiger partial charge in [-0.1, -0.05) is 12.1 Å². The molecule has 21 heavy (non-hydrogen) atoms. The SMILES string of the molecule is C=CCO[C@@H]1C[C@H]2CN(S(=O)(=O)c3cccs3)CCN2C1. The van der Waals surface area contributed by atoms with Crippen LogP contribution >= 0.6 is 11.3 Å². The number of rotatable bonds is 5. The molecule has 0 aliphatic carbocycles. The standard InChI is InChI=1S/C14H20N2O3S2/c1-2-7-19-13-9-12-10-16(6-5-15(12)11-13)21(17,18)14-4-3-8-20-14/h2-4,8,12-13H,1,5-7,9-11H2/t12-,13+/m0/s1. The van der Waals surface area contributed by atoms with E-state index < -0.39 is 10.0 Å². The zero-order valence-corrected chi connectivity index (χ0v) is 13.5. The van der Waals surface area contributed by atoms with Crippen LogP contribution in [-0.4, -0.2) is 62.6 Å². The Bertz CT molecular complexity index is 585. The average molecular weight is 328 g/mol. The Kier molecular flexibility index (Phi) is 4.46. The second kappa shape index (κ2) is 6.18. The van der Waals surface area contributed by atoms with Gasteiger partial charge in [0.25, 0.3) is 10.0 Å². The van der Waals surface area contributed by atoms with E-state index in [1.54, 1.807) is 27.9 Å². The van der Waals surface area contributed by atoms with E-state index in [1.807, 2.05) is 0 Å². The van der Waals surface area contributed by atoms with Gasteiger partial charge in [-0.15, -0.1) is 17.9 Å². The Balaban J connectivity index is 1.66. The molecule has 0 saturated carbocycles. The maximum Gasteiger partial charge on any atom is 0.252 e. The molecule has 5 nitrogen and oxygen atoms in total. The van der Waals surface area contributed by atoms with Gasteiger partial charge >= 0.3 is 0 Å². The number of hydrogen-bond donors (Lipinski definition) is 0. The summed E-state index contributed by atoms with van der Waals surface area (Å²) in [6.45, 7) is 7.02. The lowest BCUT2D eigenvalue weighted by Crippen LogP contribution is -2.51. The van der Waals surface area contributed by atoms with E-state index in [2.05, 4.69) is 11.5 Å². The van der Waals surface area contributed by atoms with E-state index in [0.29, 0.717) is 23.9 Å². The molecule has 0 unspecified atom stereocenters. The van der Waals surface area contributed by atoms with Crippen molar-refractivity contribution in [3.05, 3.63) is 30.2 Å². The molecular weight excluding hydrogens is 308 g/mol. The number of nitrogens with zero attached hydrogens (tertiary/aromatic N) is 2. The number of fused-ring (bicyclic) bond motifs is 1. The number of sulfonamides is 1. The van der Waals surface area contributed by atoms with Crippen molar-refractivity contribution in [3.8, 4) is 0 Å². The summed E-state index contributed by atoms with van der Waals surface area (Å²) in [4.78, 5) is 2.34. The van der Waals surface area contributed by atoms with E-state index in [1.165, 1.54) is 11.3 Å². The van der Waals surface area contributed by atoms with Crippen molar-refractivity contribution in [2.45, 2.75) is 22.8 Å². The number of hydrogen-bond acceptors (Lipinski definition) is 5. The normalized spacial score (nSPS) is 27.6. The molecule has 116 valence electrons. The van der Waals surface area contributed by atoms with Crippen LogP contribution < -0.4 is 0 Å². The largest absolute Gasteiger partial charge is 0.373 e. The van der Waals surface area contributed by atoms with Crippen LogP contribution in [0.2, 0.25) is 0 Å². The summed E-state index contributed by atoms with van der Waals surface area (Å²) in [6.07, 6.45) is 2.84. The number of ether oxygens (including phenoxy) is 1. The second-order valence-electron chi connectivity index (χ2n) is 5.42. The van der Waals surface area contributed by atoms with Gasteiger partial charge in [0, 0.05) is 32.2 Å². The molecule has 2 fully saturated rings. The maximum absolute atomic E-state index is 12.6. The third-order valence-electron chi connectivity index (χ3n) is 4.08. The minimum atomic E-state index is -3.32. The molecule has 2 atom stereocenters. The summed E-state index contributed by atoms with van der Waals surface area (Å²) in [6, 6.07) is 3.72. The van der Waals surface area contributed by atoms with Gasteiger partial charge < -0.3 is 4.74 Å². The zero-order valence-electron chi connectivity index (χ0n) is 11.8. The van der Waals surface area contributed by atoms with Crippen LogP contribution in [0.4, 0.5) is 0 Å². The Morgan fingerprint density at radius 3 is 3.00 bits per heavy atom. The van der Waals surface area contributed by atoms with Gasteiger partial charge in [0.15, 0.2) is 0 Å². The van der Waals surface area contributed by atoms with Crippen LogP contribution in [0.1, 0.15) is 6.42 Å². The van der Waals surface area contributed by atoms with E-state index in [-0.39, 0.29) is 12.1 Å². The summed E-state index contributed by atoms with van der Waals surface area (Å²) < 4.78 is 32.9. The lowest BCUT2D eigenvalue weighted by molar-refractivity contribution is 0.0796.